The van der Waals surface area contributed by atoms with Crippen molar-refractivity contribution < 1.29 is 4.74 Å². The van der Waals surface area contributed by atoms with Gasteiger partial charge in [-0.25, -0.2) is 4.68 Å². The quantitative estimate of drug-likeness (QED) is 0.843. The number of nitrogens with one attached hydrogen (secondary N) is 1. The van der Waals surface area contributed by atoms with Gasteiger partial charge >= 0.3 is 0 Å². The van der Waals surface area contributed by atoms with E-state index in [-0.39, 0.29) is 0 Å². The molecule has 0 atom stereocenters. The van der Waals surface area contributed by atoms with E-state index in [0.29, 0.717) is 6.04 Å². The van der Waals surface area contributed by atoms with Crippen molar-refractivity contribution in [1.82, 2.24) is 9.78 Å². The lowest BCUT2D eigenvalue weighted by atomic mass is 10.1. The molecule has 0 unspecified atom stereocenters. The third-order valence-electron chi connectivity index (χ3n) is 3.42. The standard InChI is InChI=1S/C12H19N3O/c1-2-10(1)9-15-12(3-6-13-15)14-11-4-7-16-8-5-11/h3,6,10-11,14H,1-2,4-5,7-9H2. The van der Waals surface area contributed by atoms with E-state index in [4.69, 9.17) is 4.74 Å². The Morgan fingerprint density at radius 1 is 1.31 bits per heavy atom. The largest absolute Gasteiger partial charge is 0.381 e. The van der Waals surface area contributed by atoms with Gasteiger partial charge in [0.05, 0.1) is 6.20 Å². The molecule has 1 aliphatic carbocycles. The fourth-order valence-electron chi connectivity index (χ4n) is 2.20. The molecule has 1 aromatic heterocycles. The van der Waals surface area contributed by atoms with Crippen LogP contribution in [0.1, 0.15) is 25.7 Å². The number of anilines is 1. The van der Waals surface area contributed by atoms with Gasteiger partial charge in [0.25, 0.3) is 0 Å². The van der Waals surface area contributed by atoms with E-state index >= 15 is 0 Å². The van der Waals surface area contributed by atoms with E-state index in [0.717, 1.165) is 38.5 Å². The average Bonchev–Trinajstić information content (AvgIpc) is 3.02. The van der Waals surface area contributed by atoms with Gasteiger partial charge in [-0.1, -0.05) is 0 Å². The molecule has 1 aliphatic heterocycles. The maximum absolute atomic E-state index is 5.36. The summed E-state index contributed by atoms with van der Waals surface area (Å²) in [6.45, 7) is 2.85. The van der Waals surface area contributed by atoms with Crippen LogP contribution in [0.4, 0.5) is 5.82 Å². The molecule has 0 amide bonds. The van der Waals surface area contributed by atoms with E-state index in [9.17, 15) is 0 Å². The van der Waals surface area contributed by atoms with Crippen LogP contribution in [0.25, 0.3) is 0 Å². The van der Waals surface area contributed by atoms with E-state index in [1.54, 1.807) is 0 Å². The minimum atomic E-state index is 0.559. The van der Waals surface area contributed by atoms with Crippen molar-refractivity contribution in [2.75, 3.05) is 18.5 Å². The van der Waals surface area contributed by atoms with Crippen LogP contribution < -0.4 is 5.32 Å². The fourth-order valence-corrected chi connectivity index (χ4v) is 2.20. The zero-order valence-corrected chi connectivity index (χ0v) is 9.56. The summed E-state index contributed by atoms with van der Waals surface area (Å²) < 4.78 is 7.48. The molecule has 0 bridgehead atoms. The van der Waals surface area contributed by atoms with E-state index in [1.807, 2.05) is 6.20 Å². The zero-order chi connectivity index (χ0) is 10.8. The Morgan fingerprint density at radius 3 is 2.88 bits per heavy atom. The molecule has 4 heteroatoms. The first-order valence-electron chi connectivity index (χ1n) is 6.28. The lowest BCUT2D eigenvalue weighted by Gasteiger charge is -2.24. The summed E-state index contributed by atoms with van der Waals surface area (Å²) in [5.41, 5.74) is 0. The molecule has 16 heavy (non-hydrogen) atoms. The molecule has 88 valence electrons. The van der Waals surface area contributed by atoms with Crippen LogP contribution in [-0.2, 0) is 11.3 Å². The molecule has 1 saturated carbocycles. The van der Waals surface area contributed by atoms with Crippen LogP contribution in [0.3, 0.4) is 0 Å². The maximum Gasteiger partial charge on any atom is 0.124 e. The molecule has 1 N–H and O–H groups in total. The first-order chi connectivity index (χ1) is 7.92. The SMILES string of the molecule is c1cc(NC2CCOCC2)n(CC2CC2)n1. The topological polar surface area (TPSA) is 39.1 Å². The second kappa shape index (κ2) is 4.45. The first kappa shape index (κ1) is 10.1. The van der Waals surface area contributed by atoms with E-state index < -0.39 is 0 Å². The number of nitrogens with zero attached hydrogens (tertiary/aromatic N) is 2. The fraction of sp³-hybridized carbons (Fsp3) is 0.750. The smallest absolute Gasteiger partial charge is 0.124 e. The summed E-state index contributed by atoms with van der Waals surface area (Å²) in [6, 6.07) is 2.64. The maximum atomic E-state index is 5.36. The number of aromatic nitrogens is 2. The molecule has 2 aliphatic rings. The van der Waals surface area contributed by atoms with Crippen LogP contribution in [0.15, 0.2) is 12.3 Å². The molecule has 3 rings (SSSR count). The van der Waals surface area contributed by atoms with Crippen LogP contribution in [-0.4, -0.2) is 29.0 Å². The molecular weight excluding hydrogens is 202 g/mol. The predicted octanol–water partition coefficient (Wildman–Crippen LogP) is 1.88. The normalized spacial score (nSPS) is 22.2. The van der Waals surface area contributed by atoms with Crippen molar-refractivity contribution in [3.05, 3.63) is 12.3 Å². The van der Waals surface area contributed by atoms with Gasteiger partial charge in [-0.05, 0) is 31.6 Å². The molecule has 2 fully saturated rings. The van der Waals surface area contributed by atoms with Gasteiger partial charge in [0.2, 0.25) is 0 Å². The number of hydrogen-bond acceptors (Lipinski definition) is 3. The van der Waals surface area contributed by atoms with Crippen molar-refractivity contribution in [1.29, 1.82) is 0 Å². The lowest BCUT2D eigenvalue weighted by Crippen LogP contribution is -2.29. The predicted molar refractivity (Wildman–Crippen MR) is 62.4 cm³/mol. The molecule has 1 aromatic rings. The Labute approximate surface area is 96.0 Å². The monoisotopic (exact) mass is 221 g/mol. The van der Waals surface area contributed by atoms with Gasteiger partial charge in [0.1, 0.15) is 5.82 Å². The second-order valence-corrected chi connectivity index (χ2v) is 4.87. The lowest BCUT2D eigenvalue weighted by molar-refractivity contribution is 0.0903. The Hall–Kier alpha value is -1.03. The molecule has 0 radical (unpaired) electrons. The van der Waals surface area contributed by atoms with Crippen LogP contribution in [0.5, 0.6) is 0 Å². The summed E-state index contributed by atoms with van der Waals surface area (Å²) in [5.74, 6) is 2.05. The van der Waals surface area contributed by atoms with Gasteiger partial charge in [-0.15, -0.1) is 0 Å². The van der Waals surface area contributed by atoms with Crippen LogP contribution in [0, 0.1) is 5.92 Å². The summed E-state index contributed by atoms with van der Waals surface area (Å²) in [5, 5.41) is 7.97. The zero-order valence-electron chi connectivity index (χ0n) is 9.56. The minimum absolute atomic E-state index is 0.559. The van der Waals surface area contributed by atoms with Crippen molar-refractivity contribution >= 4 is 5.82 Å². The Morgan fingerprint density at radius 2 is 2.12 bits per heavy atom. The van der Waals surface area contributed by atoms with Gasteiger partial charge in [-0.2, -0.15) is 5.10 Å². The number of hydrogen-bond donors (Lipinski definition) is 1. The van der Waals surface area contributed by atoms with Crippen molar-refractivity contribution in [2.45, 2.75) is 38.3 Å². The van der Waals surface area contributed by atoms with Gasteiger partial charge in [-0.3, -0.25) is 0 Å². The third-order valence-corrected chi connectivity index (χ3v) is 3.42. The van der Waals surface area contributed by atoms with Crippen molar-refractivity contribution in [3.63, 3.8) is 0 Å². The number of rotatable bonds is 4. The van der Waals surface area contributed by atoms with Crippen molar-refractivity contribution in [3.8, 4) is 0 Å². The molecular formula is C12H19N3O. The molecule has 2 heterocycles. The highest BCUT2D eigenvalue weighted by molar-refractivity contribution is 5.35. The Bertz CT molecular complexity index is 340. The highest BCUT2D eigenvalue weighted by Crippen LogP contribution is 2.31. The summed E-state index contributed by atoms with van der Waals surface area (Å²) in [7, 11) is 0. The van der Waals surface area contributed by atoms with Gasteiger partial charge in [0.15, 0.2) is 0 Å². The van der Waals surface area contributed by atoms with E-state index in [1.165, 1.54) is 18.7 Å². The van der Waals surface area contributed by atoms with E-state index in [2.05, 4.69) is 21.2 Å². The minimum Gasteiger partial charge on any atom is -0.381 e. The Kier molecular flexibility index (Phi) is 2.82. The summed E-state index contributed by atoms with van der Waals surface area (Å²) in [6.07, 6.45) is 6.85. The summed E-state index contributed by atoms with van der Waals surface area (Å²) in [4.78, 5) is 0. The number of ether oxygens (including phenoxy) is 1. The molecule has 4 nitrogen and oxygen atoms in total. The molecule has 0 spiro atoms. The molecule has 0 aromatic carbocycles. The average molecular weight is 221 g/mol. The first-order valence-corrected chi connectivity index (χ1v) is 6.28. The van der Waals surface area contributed by atoms with Crippen LogP contribution >= 0.6 is 0 Å². The highest BCUT2D eigenvalue weighted by Gasteiger charge is 2.23. The van der Waals surface area contributed by atoms with Crippen LogP contribution in [0.2, 0.25) is 0 Å². The van der Waals surface area contributed by atoms with Gasteiger partial charge < -0.3 is 10.1 Å². The van der Waals surface area contributed by atoms with Gasteiger partial charge in [0, 0.05) is 31.9 Å². The Balaban J connectivity index is 1.61. The third kappa shape index (κ3) is 2.38. The molecule has 1 saturated heterocycles. The summed E-state index contributed by atoms with van der Waals surface area (Å²) >= 11 is 0. The second-order valence-electron chi connectivity index (χ2n) is 4.87. The van der Waals surface area contributed by atoms with Crippen molar-refractivity contribution in [2.24, 2.45) is 5.92 Å². The highest BCUT2D eigenvalue weighted by atomic mass is 16.5.